The third-order valence-electron chi connectivity index (χ3n) is 4.77. The van der Waals surface area contributed by atoms with Crippen LogP contribution in [0.1, 0.15) is 65.2 Å². The summed E-state index contributed by atoms with van der Waals surface area (Å²) < 4.78 is 16.4. The molecule has 1 saturated carbocycles. The molecule has 2 saturated heterocycles. The molecule has 4 unspecified atom stereocenters. The van der Waals surface area contributed by atoms with Gasteiger partial charge in [-0.1, -0.05) is 39.5 Å². The average Bonchev–Trinajstić information content (AvgIpc) is 2.54. The van der Waals surface area contributed by atoms with Gasteiger partial charge >= 0.3 is 11.9 Å². The Hall–Kier alpha value is -1.10. The summed E-state index contributed by atoms with van der Waals surface area (Å²) in [5.74, 6) is -1.43. The number of unbranched alkanes of at least 4 members (excludes halogenated alkanes) is 4. The van der Waals surface area contributed by atoms with Gasteiger partial charge in [0.05, 0.1) is 37.3 Å². The van der Waals surface area contributed by atoms with Gasteiger partial charge in [0.25, 0.3) is 0 Å². The van der Waals surface area contributed by atoms with Gasteiger partial charge in [-0.05, 0) is 19.3 Å². The highest BCUT2D eigenvalue weighted by atomic mass is 16.6. The van der Waals surface area contributed by atoms with E-state index in [-0.39, 0.29) is 24.1 Å². The molecule has 3 rings (SSSR count). The van der Waals surface area contributed by atoms with Gasteiger partial charge in [-0.15, -0.1) is 0 Å². The lowest BCUT2D eigenvalue weighted by Gasteiger charge is -2.48. The summed E-state index contributed by atoms with van der Waals surface area (Å²) in [4.78, 5) is 24.7. The Balaban J connectivity index is 1.83. The summed E-state index contributed by atoms with van der Waals surface area (Å²) in [6.07, 6.45) is 7.40. The molecule has 2 bridgehead atoms. The first-order valence-electron chi connectivity index (χ1n) is 9.16. The lowest BCUT2D eigenvalue weighted by atomic mass is 9.72. The van der Waals surface area contributed by atoms with E-state index in [0.717, 1.165) is 44.9 Å². The molecule has 0 aromatic rings. The van der Waals surface area contributed by atoms with Gasteiger partial charge in [-0.3, -0.25) is 9.59 Å². The second kappa shape index (κ2) is 9.26. The van der Waals surface area contributed by atoms with Crippen molar-refractivity contribution < 1.29 is 23.8 Å². The molecule has 132 valence electrons. The number of esters is 2. The number of hydrogen-bond donors (Lipinski definition) is 0. The van der Waals surface area contributed by atoms with Crippen molar-refractivity contribution in [2.24, 2.45) is 11.8 Å². The van der Waals surface area contributed by atoms with E-state index in [1.165, 1.54) is 0 Å². The van der Waals surface area contributed by atoms with E-state index in [4.69, 9.17) is 14.2 Å². The van der Waals surface area contributed by atoms with E-state index >= 15 is 0 Å². The van der Waals surface area contributed by atoms with Crippen LogP contribution in [0.15, 0.2) is 0 Å². The zero-order valence-corrected chi connectivity index (χ0v) is 14.4. The molecule has 23 heavy (non-hydrogen) atoms. The molecule has 0 amide bonds. The Morgan fingerprint density at radius 2 is 1.48 bits per heavy atom. The first-order valence-corrected chi connectivity index (χ1v) is 9.16. The van der Waals surface area contributed by atoms with Crippen molar-refractivity contribution in [2.75, 3.05) is 13.2 Å². The monoisotopic (exact) mass is 326 g/mol. The van der Waals surface area contributed by atoms with E-state index < -0.39 is 11.8 Å². The third-order valence-corrected chi connectivity index (χ3v) is 4.77. The molecule has 5 nitrogen and oxygen atoms in total. The Morgan fingerprint density at radius 1 is 0.913 bits per heavy atom. The Kier molecular flexibility index (Phi) is 7.34. The molecule has 0 radical (unpaired) electrons. The van der Waals surface area contributed by atoms with E-state index in [1.54, 1.807) is 0 Å². The molecule has 2 aliphatic heterocycles. The summed E-state index contributed by atoms with van der Waals surface area (Å²) in [6, 6.07) is 0. The number of rotatable bonds is 10. The highest BCUT2D eigenvalue weighted by Gasteiger charge is 2.54. The summed E-state index contributed by atoms with van der Waals surface area (Å²) in [5.41, 5.74) is 0. The lowest BCUT2D eigenvalue weighted by Crippen LogP contribution is -2.57. The SMILES string of the molecule is CCCCCOC(=O)C1CC2CC(O2)C1C(=O)OCCCCC. The highest BCUT2D eigenvalue weighted by molar-refractivity contribution is 5.83. The molecular formula is C18H30O5. The van der Waals surface area contributed by atoms with E-state index in [1.807, 2.05) is 0 Å². The molecule has 0 N–H and O–H groups in total. The van der Waals surface area contributed by atoms with Crippen molar-refractivity contribution in [3.05, 3.63) is 0 Å². The number of carbonyl (C=O) groups is 2. The van der Waals surface area contributed by atoms with Crippen LogP contribution >= 0.6 is 0 Å². The van der Waals surface area contributed by atoms with Gasteiger partial charge in [0, 0.05) is 6.42 Å². The number of ether oxygens (including phenoxy) is 3. The van der Waals surface area contributed by atoms with Gasteiger partial charge in [-0.2, -0.15) is 0 Å². The predicted molar refractivity (Wildman–Crippen MR) is 85.8 cm³/mol. The molecule has 2 heterocycles. The summed E-state index contributed by atoms with van der Waals surface area (Å²) in [6.45, 7) is 5.09. The van der Waals surface area contributed by atoms with Crippen molar-refractivity contribution in [3.63, 3.8) is 0 Å². The maximum atomic E-state index is 12.4. The minimum absolute atomic E-state index is 0.109. The topological polar surface area (TPSA) is 61.8 Å². The van der Waals surface area contributed by atoms with Crippen LogP contribution in [-0.4, -0.2) is 37.4 Å². The Morgan fingerprint density at radius 3 is 2.04 bits per heavy atom. The standard InChI is InChI=1S/C18H30O5/c1-3-5-7-9-21-17(19)14-11-13-12-15(23-13)16(14)18(20)22-10-8-6-4-2/h13-16H,3-12H2,1-2H3. The Bertz CT molecular complexity index is 389. The maximum Gasteiger partial charge on any atom is 0.312 e. The van der Waals surface area contributed by atoms with E-state index in [9.17, 15) is 9.59 Å². The van der Waals surface area contributed by atoms with Gasteiger partial charge < -0.3 is 14.2 Å². The summed E-state index contributed by atoms with van der Waals surface area (Å²) in [7, 11) is 0. The zero-order chi connectivity index (χ0) is 16.7. The first-order chi connectivity index (χ1) is 11.2. The molecule has 3 aliphatic rings. The van der Waals surface area contributed by atoms with Gasteiger partial charge in [0.2, 0.25) is 0 Å². The van der Waals surface area contributed by atoms with Crippen LogP contribution < -0.4 is 0 Å². The molecule has 4 atom stereocenters. The number of carbonyl (C=O) groups excluding carboxylic acids is 2. The van der Waals surface area contributed by atoms with Crippen LogP contribution in [0.5, 0.6) is 0 Å². The predicted octanol–water partition coefficient (Wildman–Crippen LogP) is 3.25. The van der Waals surface area contributed by atoms with Gasteiger partial charge in [-0.25, -0.2) is 0 Å². The molecular weight excluding hydrogens is 296 g/mol. The zero-order valence-electron chi connectivity index (χ0n) is 14.4. The quantitative estimate of drug-likeness (QED) is 0.455. The van der Waals surface area contributed by atoms with Crippen LogP contribution in [0, 0.1) is 11.8 Å². The summed E-state index contributed by atoms with van der Waals surface area (Å²) >= 11 is 0. The fourth-order valence-electron chi connectivity index (χ4n) is 3.38. The van der Waals surface area contributed by atoms with Crippen LogP contribution in [0.25, 0.3) is 0 Å². The fourth-order valence-corrected chi connectivity index (χ4v) is 3.38. The molecule has 5 heteroatoms. The van der Waals surface area contributed by atoms with Crippen molar-refractivity contribution in [3.8, 4) is 0 Å². The van der Waals surface area contributed by atoms with Crippen LogP contribution in [-0.2, 0) is 23.8 Å². The maximum absolute atomic E-state index is 12.4. The number of fused-ring (bicyclic) bond motifs is 2. The molecule has 3 fully saturated rings. The van der Waals surface area contributed by atoms with Crippen LogP contribution in [0.4, 0.5) is 0 Å². The highest BCUT2D eigenvalue weighted by Crippen LogP contribution is 2.43. The molecule has 0 spiro atoms. The first kappa shape index (κ1) is 18.2. The molecule has 0 aromatic carbocycles. The van der Waals surface area contributed by atoms with Gasteiger partial charge in [0.1, 0.15) is 0 Å². The average molecular weight is 326 g/mol. The van der Waals surface area contributed by atoms with Crippen molar-refractivity contribution in [1.29, 1.82) is 0 Å². The normalized spacial score (nSPS) is 28.8. The van der Waals surface area contributed by atoms with Crippen LogP contribution in [0.2, 0.25) is 0 Å². The van der Waals surface area contributed by atoms with Crippen LogP contribution in [0.3, 0.4) is 0 Å². The van der Waals surface area contributed by atoms with Crippen molar-refractivity contribution >= 4 is 11.9 Å². The largest absolute Gasteiger partial charge is 0.465 e. The fraction of sp³-hybridized carbons (Fsp3) is 0.889. The number of hydrogen-bond acceptors (Lipinski definition) is 5. The minimum Gasteiger partial charge on any atom is -0.465 e. The van der Waals surface area contributed by atoms with Crippen molar-refractivity contribution in [2.45, 2.75) is 77.4 Å². The molecule has 0 aromatic heterocycles. The minimum atomic E-state index is -0.486. The second-order valence-electron chi connectivity index (χ2n) is 6.65. The van der Waals surface area contributed by atoms with Gasteiger partial charge in [0.15, 0.2) is 0 Å². The third kappa shape index (κ3) is 4.93. The smallest absolute Gasteiger partial charge is 0.312 e. The lowest BCUT2D eigenvalue weighted by molar-refractivity contribution is -0.222. The second-order valence-corrected chi connectivity index (χ2v) is 6.65. The molecule has 1 aliphatic carbocycles. The van der Waals surface area contributed by atoms with E-state index in [0.29, 0.717) is 19.6 Å². The van der Waals surface area contributed by atoms with Crippen molar-refractivity contribution in [1.82, 2.24) is 0 Å². The summed E-state index contributed by atoms with van der Waals surface area (Å²) in [5, 5.41) is 0. The van der Waals surface area contributed by atoms with E-state index in [2.05, 4.69) is 13.8 Å². The Labute approximate surface area is 139 Å².